The van der Waals surface area contributed by atoms with E-state index >= 15 is 0 Å². The molecule has 0 unspecified atom stereocenters. The van der Waals surface area contributed by atoms with E-state index in [0.717, 1.165) is 18.2 Å². The quantitative estimate of drug-likeness (QED) is 0.644. The van der Waals surface area contributed by atoms with Gasteiger partial charge in [0.25, 0.3) is 10.0 Å². The molecule has 136 valence electrons. The van der Waals surface area contributed by atoms with Crippen molar-refractivity contribution in [1.29, 1.82) is 0 Å². The Morgan fingerprint density at radius 1 is 1.08 bits per heavy atom. The lowest BCUT2D eigenvalue weighted by Gasteiger charge is -2.15. The highest BCUT2D eigenvalue weighted by Crippen LogP contribution is 2.34. The summed E-state index contributed by atoms with van der Waals surface area (Å²) in [6.07, 6.45) is -1.68. The standard InChI is InChI=1S/C16H11BrF3N3O2S/c17-12-3-5-13(6-4-12)26(24,25)22-14-10-11(16(18,19)20)2-7-15(14)23-9-1-8-21-23/h1-10,22H. The van der Waals surface area contributed by atoms with Crippen molar-refractivity contribution in [2.45, 2.75) is 11.1 Å². The Kier molecular flexibility index (Phi) is 4.80. The highest BCUT2D eigenvalue weighted by Gasteiger charge is 2.32. The summed E-state index contributed by atoms with van der Waals surface area (Å²) >= 11 is 3.20. The number of hydrogen-bond acceptors (Lipinski definition) is 3. The summed E-state index contributed by atoms with van der Waals surface area (Å²) in [5.41, 5.74) is -1.03. The van der Waals surface area contributed by atoms with Gasteiger partial charge in [-0.05, 0) is 48.5 Å². The van der Waals surface area contributed by atoms with E-state index in [0.29, 0.717) is 4.47 Å². The fourth-order valence-electron chi connectivity index (χ4n) is 2.22. The first kappa shape index (κ1) is 18.5. The van der Waals surface area contributed by atoms with Crippen LogP contribution in [0, 0.1) is 0 Å². The molecule has 0 saturated heterocycles. The molecule has 1 aromatic heterocycles. The summed E-state index contributed by atoms with van der Waals surface area (Å²) < 4.78 is 68.4. The van der Waals surface area contributed by atoms with Crippen molar-refractivity contribution in [1.82, 2.24) is 9.78 Å². The topological polar surface area (TPSA) is 64.0 Å². The molecule has 1 heterocycles. The van der Waals surface area contributed by atoms with Crippen LogP contribution in [0.5, 0.6) is 0 Å². The molecule has 5 nitrogen and oxygen atoms in total. The predicted molar refractivity (Wildman–Crippen MR) is 93.5 cm³/mol. The van der Waals surface area contributed by atoms with E-state index < -0.39 is 21.8 Å². The van der Waals surface area contributed by atoms with Gasteiger partial charge in [-0.15, -0.1) is 0 Å². The smallest absolute Gasteiger partial charge is 0.277 e. The molecule has 0 amide bonds. The van der Waals surface area contributed by atoms with Gasteiger partial charge in [0.2, 0.25) is 0 Å². The number of nitrogens with zero attached hydrogens (tertiary/aromatic N) is 2. The van der Waals surface area contributed by atoms with E-state index in [1.807, 2.05) is 0 Å². The fraction of sp³-hybridized carbons (Fsp3) is 0.0625. The number of alkyl halides is 3. The molecule has 2 aromatic carbocycles. The van der Waals surface area contributed by atoms with E-state index in [1.165, 1.54) is 41.3 Å². The van der Waals surface area contributed by atoms with Gasteiger partial charge in [-0.2, -0.15) is 18.3 Å². The molecule has 0 aliphatic heterocycles. The molecule has 0 spiro atoms. The van der Waals surface area contributed by atoms with Gasteiger partial charge in [0.1, 0.15) is 0 Å². The fourth-order valence-corrected chi connectivity index (χ4v) is 3.55. The molecule has 1 N–H and O–H groups in total. The molecule has 0 atom stereocenters. The van der Waals surface area contributed by atoms with E-state index in [9.17, 15) is 21.6 Å². The molecular formula is C16H11BrF3N3O2S. The third-order valence-electron chi connectivity index (χ3n) is 3.44. The van der Waals surface area contributed by atoms with Crippen molar-refractivity contribution in [3.05, 3.63) is 71.0 Å². The maximum absolute atomic E-state index is 13.0. The predicted octanol–water partition coefficient (Wildman–Crippen LogP) is 4.45. The van der Waals surface area contributed by atoms with Crippen LogP contribution in [0.15, 0.2) is 70.3 Å². The van der Waals surface area contributed by atoms with Crippen LogP contribution < -0.4 is 4.72 Å². The maximum Gasteiger partial charge on any atom is 0.416 e. The number of hydrogen-bond donors (Lipinski definition) is 1. The Bertz CT molecular complexity index is 1020. The van der Waals surface area contributed by atoms with Crippen LogP contribution in [0.2, 0.25) is 0 Å². The van der Waals surface area contributed by atoms with Gasteiger partial charge in [-0.1, -0.05) is 15.9 Å². The first-order valence-electron chi connectivity index (χ1n) is 7.16. The lowest BCUT2D eigenvalue weighted by molar-refractivity contribution is -0.137. The first-order chi connectivity index (χ1) is 12.2. The van der Waals surface area contributed by atoms with Crippen molar-refractivity contribution in [3.8, 4) is 5.69 Å². The normalized spacial score (nSPS) is 12.2. The Morgan fingerprint density at radius 2 is 1.77 bits per heavy atom. The van der Waals surface area contributed by atoms with Gasteiger partial charge in [0, 0.05) is 16.9 Å². The van der Waals surface area contributed by atoms with Gasteiger partial charge in [0.15, 0.2) is 0 Å². The molecular weight excluding hydrogens is 435 g/mol. The third-order valence-corrected chi connectivity index (χ3v) is 5.35. The first-order valence-corrected chi connectivity index (χ1v) is 9.44. The van der Waals surface area contributed by atoms with Gasteiger partial charge >= 0.3 is 6.18 Å². The second-order valence-corrected chi connectivity index (χ2v) is 7.84. The Labute approximate surface area is 155 Å². The largest absolute Gasteiger partial charge is 0.416 e. The van der Waals surface area contributed by atoms with Gasteiger partial charge in [-0.25, -0.2) is 13.1 Å². The second-order valence-electron chi connectivity index (χ2n) is 5.24. The number of halogens is 4. The molecule has 0 bridgehead atoms. The second kappa shape index (κ2) is 6.76. The third kappa shape index (κ3) is 3.91. The van der Waals surface area contributed by atoms with Crippen molar-refractivity contribution >= 4 is 31.6 Å². The van der Waals surface area contributed by atoms with Crippen molar-refractivity contribution in [3.63, 3.8) is 0 Å². The van der Waals surface area contributed by atoms with Gasteiger partial charge in [-0.3, -0.25) is 4.72 Å². The van der Waals surface area contributed by atoms with Gasteiger partial charge in [0.05, 0.1) is 21.8 Å². The number of sulfonamides is 1. The summed E-state index contributed by atoms with van der Waals surface area (Å²) in [6, 6.07) is 10.1. The number of benzene rings is 2. The van der Waals surface area contributed by atoms with E-state index in [2.05, 4.69) is 25.8 Å². The zero-order valence-corrected chi connectivity index (χ0v) is 15.3. The van der Waals surface area contributed by atoms with Crippen LogP contribution in [0.3, 0.4) is 0 Å². The lowest BCUT2D eigenvalue weighted by Crippen LogP contribution is -2.16. The molecule has 3 aromatic rings. The SMILES string of the molecule is O=S(=O)(Nc1cc(C(F)(F)F)ccc1-n1cccn1)c1ccc(Br)cc1. The summed E-state index contributed by atoms with van der Waals surface area (Å²) in [4.78, 5) is -0.0791. The molecule has 3 rings (SSSR count). The van der Waals surface area contributed by atoms with E-state index in [4.69, 9.17) is 0 Å². The number of nitrogens with one attached hydrogen (secondary N) is 1. The number of anilines is 1. The number of aromatic nitrogens is 2. The van der Waals surface area contributed by atoms with Crippen molar-refractivity contribution in [2.24, 2.45) is 0 Å². The Balaban J connectivity index is 2.08. The van der Waals surface area contributed by atoms with E-state index in [-0.39, 0.29) is 16.3 Å². The van der Waals surface area contributed by atoms with Crippen LogP contribution in [0.25, 0.3) is 5.69 Å². The molecule has 0 aliphatic carbocycles. The van der Waals surface area contributed by atoms with Crippen LogP contribution in [0.4, 0.5) is 18.9 Å². The Morgan fingerprint density at radius 3 is 2.35 bits per heavy atom. The highest BCUT2D eigenvalue weighted by atomic mass is 79.9. The van der Waals surface area contributed by atoms with Gasteiger partial charge < -0.3 is 0 Å². The van der Waals surface area contributed by atoms with Crippen LogP contribution in [0.1, 0.15) is 5.56 Å². The monoisotopic (exact) mass is 445 g/mol. The minimum atomic E-state index is -4.61. The van der Waals surface area contributed by atoms with Crippen LogP contribution in [-0.2, 0) is 16.2 Å². The minimum Gasteiger partial charge on any atom is -0.277 e. The average molecular weight is 446 g/mol. The van der Waals surface area contributed by atoms with E-state index in [1.54, 1.807) is 6.07 Å². The summed E-state index contributed by atoms with van der Waals surface area (Å²) in [7, 11) is -4.09. The minimum absolute atomic E-state index is 0.0791. The van der Waals surface area contributed by atoms with Crippen molar-refractivity contribution < 1.29 is 21.6 Å². The average Bonchev–Trinajstić information content (AvgIpc) is 3.08. The zero-order chi connectivity index (χ0) is 18.9. The highest BCUT2D eigenvalue weighted by molar-refractivity contribution is 9.10. The molecule has 10 heteroatoms. The summed E-state index contributed by atoms with van der Waals surface area (Å²) in [6.45, 7) is 0. The summed E-state index contributed by atoms with van der Waals surface area (Å²) in [5.74, 6) is 0. The lowest BCUT2D eigenvalue weighted by atomic mass is 10.1. The molecule has 0 saturated carbocycles. The van der Waals surface area contributed by atoms with Crippen molar-refractivity contribution in [2.75, 3.05) is 4.72 Å². The molecule has 0 aliphatic rings. The summed E-state index contributed by atoms with van der Waals surface area (Å²) in [5, 5.41) is 3.95. The molecule has 0 fully saturated rings. The maximum atomic E-state index is 13.0. The van der Waals surface area contributed by atoms with Crippen LogP contribution in [-0.4, -0.2) is 18.2 Å². The molecule has 0 radical (unpaired) electrons. The molecule has 26 heavy (non-hydrogen) atoms. The van der Waals surface area contributed by atoms with Crippen LogP contribution >= 0.6 is 15.9 Å². The Hall–Kier alpha value is -2.33. The zero-order valence-electron chi connectivity index (χ0n) is 12.9. The number of rotatable bonds is 4.